The van der Waals surface area contributed by atoms with Crippen molar-refractivity contribution in [1.82, 2.24) is 16.0 Å². The van der Waals surface area contributed by atoms with Crippen molar-refractivity contribution in [3.8, 4) is 0 Å². The zero-order valence-corrected chi connectivity index (χ0v) is 19.6. The van der Waals surface area contributed by atoms with Crippen molar-refractivity contribution in [3.63, 3.8) is 0 Å². The summed E-state index contributed by atoms with van der Waals surface area (Å²) in [6.07, 6.45) is 0.857. The molecule has 1 amide bonds. The van der Waals surface area contributed by atoms with Gasteiger partial charge in [-0.3, -0.25) is 9.79 Å². The molecule has 30 heavy (non-hydrogen) atoms. The molecule has 0 aromatic heterocycles. The zero-order valence-electron chi connectivity index (χ0n) is 17.3. The molecule has 164 valence electrons. The van der Waals surface area contributed by atoms with E-state index in [1.807, 2.05) is 13.8 Å². The molecule has 0 aliphatic carbocycles. The van der Waals surface area contributed by atoms with E-state index < -0.39 is 0 Å². The molecule has 2 rings (SSSR count). The van der Waals surface area contributed by atoms with Crippen LogP contribution in [-0.4, -0.2) is 38.0 Å². The zero-order chi connectivity index (χ0) is 21.1. The minimum Gasteiger partial charge on any atom is -0.357 e. The Labute approximate surface area is 193 Å². The Balaban J connectivity index is 0.00000450. The van der Waals surface area contributed by atoms with E-state index in [1.54, 1.807) is 18.2 Å². The number of hydrogen-bond acceptors (Lipinski definition) is 2. The number of nitrogens with one attached hydrogen (secondary N) is 3. The lowest BCUT2D eigenvalue weighted by Crippen LogP contribution is -2.41. The molecule has 2 aromatic carbocycles. The second kappa shape index (κ2) is 13.9. The second-order valence-electron chi connectivity index (χ2n) is 6.66. The minimum atomic E-state index is -0.348. The molecule has 0 unspecified atom stereocenters. The van der Waals surface area contributed by atoms with E-state index in [0.29, 0.717) is 44.1 Å². The highest BCUT2D eigenvalue weighted by molar-refractivity contribution is 14.0. The quantitative estimate of drug-likeness (QED) is 0.202. The molecule has 0 saturated carbocycles. The number of amides is 1. The normalized spacial score (nSPS) is 10.9. The molecule has 0 radical (unpaired) electrons. The lowest BCUT2D eigenvalue weighted by Gasteiger charge is -2.12. The van der Waals surface area contributed by atoms with Gasteiger partial charge in [0.1, 0.15) is 11.6 Å². The van der Waals surface area contributed by atoms with E-state index in [2.05, 4.69) is 20.9 Å². The maximum atomic E-state index is 13.2. The summed E-state index contributed by atoms with van der Waals surface area (Å²) in [5.74, 6) is -0.0822. The first kappa shape index (κ1) is 25.8. The van der Waals surface area contributed by atoms with Crippen LogP contribution in [0.5, 0.6) is 0 Å². The van der Waals surface area contributed by atoms with E-state index in [0.717, 1.165) is 11.1 Å². The first-order valence-corrected chi connectivity index (χ1v) is 9.76. The third-order valence-electron chi connectivity index (χ3n) is 4.29. The highest BCUT2D eigenvalue weighted by atomic mass is 127. The monoisotopic (exact) mass is 530 g/mol. The third-order valence-corrected chi connectivity index (χ3v) is 4.29. The van der Waals surface area contributed by atoms with E-state index in [1.165, 1.54) is 24.3 Å². The molecule has 3 N–H and O–H groups in total. The van der Waals surface area contributed by atoms with Gasteiger partial charge in [0.05, 0.1) is 6.42 Å². The topological polar surface area (TPSA) is 65.5 Å². The summed E-state index contributed by atoms with van der Waals surface area (Å²) in [5, 5.41) is 9.12. The third kappa shape index (κ3) is 9.51. The summed E-state index contributed by atoms with van der Waals surface area (Å²) >= 11 is 0. The molecule has 8 heteroatoms. The molecule has 2 aromatic rings. The first-order valence-electron chi connectivity index (χ1n) is 9.76. The molecule has 0 spiro atoms. The van der Waals surface area contributed by atoms with Gasteiger partial charge in [-0.2, -0.15) is 0 Å². The first-order chi connectivity index (χ1) is 14.0. The maximum absolute atomic E-state index is 13.2. The van der Waals surface area contributed by atoms with Crippen LogP contribution in [0.3, 0.4) is 0 Å². The van der Waals surface area contributed by atoms with Crippen LogP contribution >= 0.6 is 24.0 Å². The summed E-state index contributed by atoms with van der Waals surface area (Å²) in [6, 6.07) is 10.8. The van der Waals surface area contributed by atoms with E-state index in [9.17, 15) is 13.6 Å². The predicted molar refractivity (Wildman–Crippen MR) is 127 cm³/mol. The van der Waals surface area contributed by atoms with Gasteiger partial charge >= 0.3 is 0 Å². The fourth-order valence-electron chi connectivity index (χ4n) is 2.85. The number of rotatable bonds is 9. The molecule has 0 bridgehead atoms. The standard InChI is InChI=1S/C22H28F2N4O.HI/c1-3-25-22(27-10-9-18-7-8-20(24)13-16(18)2)28-12-11-26-21(29)15-17-5-4-6-19(23)14-17;/h4-8,13-14H,3,9-12,15H2,1-2H3,(H,26,29)(H2,25,27,28);1H. The second-order valence-corrected chi connectivity index (χ2v) is 6.66. The molecule has 0 heterocycles. The number of halogens is 3. The highest BCUT2D eigenvalue weighted by Gasteiger charge is 2.04. The van der Waals surface area contributed by atoms with Crippen molar-refractivity contribution in [1.29, 1.82) is 0 Å². The maximum Gasteiger partial charge on any atom is 0.224 e. The summed E-state index contributed by atoms with van der Waals surface area (Å²) in [6.45, 7) is 6.08. The van der Waals surface area contributed by atoms with Crippen molar-refractivity contribution in [2.24, 2.45) is 4.99 Å². The fourth-order valence-corrected chi connectivity index (χ4v) is 2.85. The van der Waals surface area contributed by atoms with Crippen LogP contribution in [0, 0.1) is 18.6 Å². The van der Waals surface area contributed by atoms with Crippen LogP contribution in [-0.2, 0) is 17.6 Å². The lowest BCUT2D eigenvalue weighted by molar-refractivity contribution is -0.120. The van der Waals surface area contributed by atoms with Gasteiger partial charge in [0, 0.05) is 26.2 Å². The average molecular weight is 530 g/mol. The van der Waals surface area contributed by atoms with Gasteiger partial charge in [-0.25, -0.2) is 8.78 Å². The minimum absolute atomic E-state index is 0. The molecule has 0 aliphatic rings. The fraction of sp³-hybridized carbons (Fsp3) is 0.364. The van der Waals surface area contributed by atoms with Gasteiger partial charge in [0.25, 0.3) is 0 Å². The molecule has 0 fully saturated rings. The number of hydrogen-bond donors (Lipinski definition) is 3. The van der Waals surface area contributed by atoms with Crippen molar-refractivity contribution >= 4 is 35.8 Å². The number of benzene rings is 2. The number of carbonyl (C=O) groups is 1. The summed E-state index contributed by atoms with van der Waals surface area (Å²) in [7, 11) is 0. The molecular weight excluding hydrogens is 501 g/mol. The van der Waals surface area contributed by atoms with Crippen LogP contribution in [0.4, 0.5) is 8.78 Å². The summed E-state index contributed by atoms with van der Waals surface area (Å²) < 4.78 is 26.3. The van der Waals surface area contributed by atoms with Crippen molar-refractivity contribution < 1.29 is 13.6 Å². The largest absolute Gasteiger partial charge is 0.357 e. The van der Waals surface area contributed by atoms with Gasteiger partial charge in [-0.15, -0.1) is 24.0 Å². The number of carbonyl (C=O) groups excluding carboxylic acids is 1. The molecule has 0 aliphatic heterocycles. The smallest absolute Gasteiger partial charge is 0.224 e. The molecule has 0 atom stereocenters. The van der Waals surface area contributed by atoms with Crippen LogP contribution in [0.15, 0.2) is 47.5 Å². The van der Waals surface area contributed by atoms with Gasteiger partial charge in [-0.05, 0) is 61.2 Å². The van der Waals surface area contributed by atoms with Crippen molar-refractivity contribution in [2.45, 2.75) is 26.7 Å². The Bertz CT molecular complexity index is 846. The Morgan fingerprint density at radius 2 is 1.73 bits per heavy atom. The summed E-state index contributed by atoms with van der Waals surface area (Å²) in [4.78, 5) is 16.5. The van der Waals surface area contributed by atoms with Gasteiger partial charge in [-0.1, -0.05) is 18.2 Å². The predicted octanol–water partition coefficient (Wildman–Crippen LogP) is 3.35. The number of aliphatic imine (C=N–C) groups is 1. The molecular formula is C22H29F2IN4O. The Hall–Kier alpha value is -2.23. The van der Waals surface area contributed by atoms with E-state index >= 15 is 0 Å². The van der Waals surface area contributed by atoms with Crippen molar-refractivity contribution in [3.05, 3.63) is 70.8 Å². The van der Waals surface area contributed by atoms with Crippen molar-refractivity contribution in [2.75, 3.05) is 26.2 Å². The summed E-state index contributed by atoms with van der Waals surface area (Å²) in [5.41, 5.74) is 2.62. The van der Waals surface area contributed by atoms with Gasteiger partial charge in [0.15, 0.2) is 5.96 Å². The molecule has 0 saturated heterocycles. The molecule has 5 nitrogen and oxygen atoms in total. The van der Waals surface area contributed by atoms with E-state index in [4.69, 9.17) is 0 Å². The average Bonchev–Trinajstić information content (AvgIpc) is 2.67. The Morgan fingerprint density at radius 3 is 2.43 bits per heavy atom. The highest BCUT2D eigenvalue weighted by Crippen LogP contribution is 2.10. The van der Waals surface area contributed by atoms with Crippen LogP contribution < -0.4 is 16.0 Å². The van der Waals surface area contributed by atoms with E-state index in [-0.39, 0.29) is 47.9 Å². The van der Waals surface area contributed by atoms with Crippen LogP contribution in [0.1, 0.15) is 23.6 Å². The van der Waals surface area contributed by atoms with Crippen LogP contribution in [0.25, 0.3) is 0 Å². The number of guanidine groups is 1. The van der Waals surface area contributed by atoms with Gasteiger partial charge in [0.2, 0.25) is 5.91 Å². The van der Waals surface area contributed by atoms with Gasteiger partial charge < -0.3 is 16.0 Å². The lowest BCUT2D eigenvalue weighted by atomic mass is 10.1. The number of nitrogens with zero attached hydrogens (tertiary/aromatic N) is 1. The van der Waals surface area contributed by atoms with Crippen LogP contribution in [0.2, 0.25) is 0 Å². The Kier molecular flexibility index (Phi) is 12.0. The SMILES string of the molecule is CCNC(=NCCc1ccc(F)cc1C)NCCNC(=O)Cc1cccc(F)c1.I. The number of aryl methyl sites for hydroxylation is 1. The Morgan fingerprint density at radius 1 is 1.00 bits per heavy atom.